The van der Waals surface area contributed by atoms with Gasteiger partial charge in [0.15, 0.2) is 5.82 Å². The SMILES string of the molecule is c1ccc(-n2c3ccccc3c3cc(-c4ccc5c(c4)c4ccccc4n5-c4cccc(-c5cnc(-c6ccc7c8ccccc8c8ccccc8c7c6)nc5)c4)ccc32)cc1. The molecule has 0 saturated carbocycles. The van der Waals surface area contributed by atoms with Crippen LogP contribution in [0, 0.1) is 0 Å². The van der Waals surface area contributed by atoms with Crippen molar-refractivity contribution < 1.29 is 0 Å². The van der Waals surface area contributed by atoms with Crippen molar-refractivity contribution in [2.45, 2.75) is 0 Å². The lowest BCUT2D eigenvalue weighted by atomic mass is 9.93. The summed E-state index contributed by atoms with van der Waals surface area (Å²) in [5.74, 6) is 0.711. The zero-order valence-electron chi connectivity index (χ0n) is 33.6. The van der Waals surface area contributed by atoms with Crippen LogP contribution in [0.3, 0.4) is 0 Å². The van der Waals surface area contributed by atoms with Crippen molar-refractivity contribution >= 4 is 75.9 Å². The molecule has 0 saturated heterocycles. The Morgan fingerprint density at radius 2 is 0.661 bits per heavy atom. The average molecular weight is 789 g/mol. The molecule has 4 nitrogen and oxygen atoms in total. The number of aromatic nitrogens is 4. The highest BCUT2D eigenvalue weighted by Gasteiger charge is 2.17. The minimum atomic E-state index is 0.711. The number of rotatable bonds is 5. The molecular formula is C58H36N4. The van der Waals surface area contributed by atoms with Crippen LogP contribution >= 0.6 is 0 Å². The van der Waals surface area contributed by atoms with E-state index in [1.165, 1.54) is 87.2 Å². The molecule has 0 atom stereocenters. The Kier molecular flexibility index (Phi) is 7.57. The summed E-state index contributed by atoms with van der Waals surface area (Å²) in [6, 6.07) is 74.6. The number of benzene rings is 10. The minimum Gasteiger partial charge on any atom is -0.309 e. The first-order chi connectivity index (χ1) is 30.7. The maximum absolute atomic E-state index is 4.94. The molecule has 0 bridgehead atoms. The average Bonchev–Trinajstić information content (AvgIpc) is 3.86. The second-order valence-corrected chi connectivity index (χ2v) is 16.2. The van der Waals surface area contributed by atoms with E-state index in [1.54, 1.807) is 0 Å². The number of nitrogens with zero attached hydrogens (tertiary/aromatic N) is 4. The standard InChI is InChI=1S/C58H36N4/c1-2-14-42(15-3-1)61-54-23-10-8-21-49(54)52-32-38(26-29-56(52)61)39-27-30-57-53(33-39)50-22-9-11-24-55(50)62(57)43-16-12-13-37(31-43)41-35-59-58(60-36-41)40-25-28-48-46-19-5-4-17-44(46)45-18-6-7-20-47(45)51(48)34-40/h1-36H. The number of fused-ring (bicyclic) bond motifs is 12. The Bertz CT molecular complexity index is 3880. The maximum Gasteiger partial charge on any atom is 0.159 e. The Labute approximate surface area is 357 Å². The van der Waals surface area contributed by atoms with Crippen molar-refractivity contribution in [1.82, 2.24) is 19.1 Å². The van der Waals surface area contributed by atoms with Crippen LogP contribution in [0.2, 0.25) is 0 Å². The van der Waals surface area contributed by atoms with E-state index in [4.69, 9.17) is 9.97 Å². The monoisotopic (exact) mass is 788 g/mol. The second kappa shape index (κ2) is 13.6. The molecule has 0 radical (unpaired) electrons. The molecule has 10 aromatic carbocycles. The quantitative estimate of drug-likeness (QED) is 0.163. The van der Waals surface area contributed by atoms with E-state index in [1.807, 2.05) is 12.4 Å². The molecule has 288 valence electrons. The number of hydrogen-bond donors (Lipinski definition) is 0. The van der Waals surface area contributed by atoms with Gasteiger partial charge in [-0.25, -0.2) is 9.97 Å². The minimum absolute atomic E-state index is 0.711. The molecule has 0 spiro atoms. The summed E-state index contributed by atoms with van der Waals surface area (Å²) in [6.07, 6.45) is 3.91. The predicted octanol–water partition coefficient (Wildman–Crippen LogP) is 15.1. The van der Waals surface area contributed by atoms with E-state index in [0.29, 0.717) is 5.82 Å². The van der Waals surface area contributed by atoms with Crippen LogP contribution < -0.4 is 0 Å². The fourth-order valence-electron chi connectivity index (χ4n) is 9.94. The zero-order valence-corrected chi connectivity index (χ0v) is 33.6. The van der Waals surface area contributed by atoms with Crippen molar-refractivity contribution in [2.75, 3.05) is 0 Å². The van der Waals surface area contributed by atoms with Gasteiger partial charge in [-0.1, -0.05) is 140 Å². The lowest BCUT2D eigenvalue weighted by molar-refractivity contribution is 1.17. The van der Waals surface area contributed by atoms with E-state index >= 15 is 0 Å². The molecule has 0 aliphatic carbocycles. The molecule has 0 aliphatic rings. The first kappa shape index (κ1) is 34.5. The van der Waals surface area contributed by atoms with Gasteiger partial charge in [0.2, 0.25) is 0 Å². The van der Waals surface area contributed by atoms with Crippen LogP contribution in [0.5, 0.6) is 0 Å². The molecule has 0 unspecified atom stereocenters. The van der Waals surface area contributed by atoms with Crippen molar-refractivity contribution in [3.63, 3.8) is 0 Å². The van der Waals surface area contributed by atoms with Crippen LogP contribution in [0.15, 0.2) is 219 Å². The molecule has 13 rings (SSSR count). The van der Waals surface area contributed by atoms with Gasteiger partial charge in [0, 0.05) is 56.4 Å². The van der Waals surface area contributed by atoms with Crippen LogP contribution in [0.4, 0.5) is 0 Å². The molecule has 4 heteroatoms. The molecule has 3 aromatic heterocycles. The Hall–Kier alpha value is -8.34. The van der Waals surface area contributed by atoms with Crippen LogP contribution in [-0.2, 0) is 0 Å². The largest absolute Gasteiger partial charge is 0.309 e. The first-order valence-electron chi connectivity index (χ1n) is 21.1. The topological polar surface area (TPSA) is 35.6 Å². The normalized spacial score (nSPS) is 11.9. The number of para-hydroxylation sites is 3. The van der Waals surface area contributed by atoms with Crippen LogP contribution in [0.25, 0.3) is 121 Å². The van der Waals surface area contributed by atoms with Gasteiger partial charge in [0.25, 0.3) is 0 Å². The highest BCUT2D eigenvalue weighted by Crippen LogP contribution is 2.40. The molecule has 0 aliphatic heterocycles. The van der Waals surface area contributed by atoms with E-state index < -0.39 is 0 Å². The van der Waals surface area contributed by atoms with Gasteiger partial charge < -0.3 is 9.13 Å². The summed E-state index contributed by atoms with van der Waals surface area (Å²) in [5.41, 5.74) is 12.4. The molecule has 0 fully saturated rings. The molecule has 13 aromatic rings. The van der Waals surface area contributed by atoms with E-state index in [-0.39, 0.29) is 0 Å². The Morgan fingerprint density at radius 3 is 1.26 bits per heavy atom. The molecular weight excluding hydrogens is 753 g/mol. The summed E-state index contributed by atoms with van der Waals surface area (Å²) in [6.45, 7) is 0. The van der Waals surface area contributed by atoms with Crippen molar-refractivity contribution in [3.05, 3.63) is 219 Å². The van der Waals surface area contributed by atoms with Gasteiger partial charge in [0.1, 0.15) is 0 Å². The maximum atomic E-state index is 4.94. The Balaban J connectivity index is 0.875. The molecule has 0 N–H and O–H groups in total. The first-order valence-corrected chi connectivity index (χ1v) is 21.1. The van der Waals surface area contributed by atoms with Crippen molar-refractivity contribution in [1.29, 1.82) is 0 Å². The van der Waals surface area contributed by atoms with Gasteiger partial charge >= 0.3 is 0 Å². The highest BCUT2D eigenvalue weighted by molar-refractivity contribution is 6.25. The second-order valence-electron chi connectivity index (χ2n) is 16.2. The highest BCUT2D eigenvalue weighted by atomic mass is 15.0. The van der Waals surface area contributed by atoms with Gasteiger partial charge in [-0.2, -0.15) is 0 Å². The fraction of sp³-hybridized carbons (Fsp3) is 0. The zero-order chi connectivity index (χ0) is 40.7. The number of hydrogen-bond acceptors (Lipinski definition) is 2. The third-order valence-corrected chi connectivity index (χ3v) is 12.8. The Morgan fingerprint density at radius 1 is 0.242 bits per heavy atom. The molecule has 0 amide bonds. The van der Waals surface area contributed by atoms with Crippen LogP contribution in [-0.4, -0.2) is 19.1 Å². The van der Waals surface area contributed by atoms with E-state index in [0.717, 1.165) is 27.9 Å². The molecule has 3 heterocycles. The summed E-state index contributed by atoms with van der Waals surface area (Å²) < 4.78 is 4.75. The van der Waals surface area contributed by atoms with Crippen LogP contribution in [0.1, 0.15) is 0 Å². The van der Waals surface area contributed by atoms with Gasteiger partial charge in [-0.3, -0.25) is 0 Å². The van der Waals surface area contributed by atoms with Crippen molar-refractivity contribution in [3.8, 4) is 45.0 Å². The van der Waals surface area contributed by atoms with E-state index in [9.17, 15) is 0 Å². The van der Waals surface area contributed by atoms with Gasteiger partial charge in [-0.15, -0.1) is 0 Å². The summed E-state index contributed by atoms with van der Waals surface area (Å²) in [7, 11) is 0. The third kappa shape index (κ3) is 5.27. The summed E-state index contributed by atoms with van der Waals surface area (Å²) in [4.78, 5) is 9.88. The predicted molar refractivity (Wildman–Crippen MR) is 260 cm³/mol. The summed E-state index contributed by atoms with van der Waals surface area (Å²) >= 11 is 0. The van der Waals surface area contributed by atoms with Gasteiger partial charge in [-0.05, 0) is 116 Å². The smallest absolute Gasteiger partial charge is 0.159 e. The van der Waals surface area contributed by atoms with Crippen molar-refractivity contribution in [2.24, 2.45) is 0 Å². The lowest BCUT2D eigenvalue weighted by Gasteiger charge is -2.12. The van der Waals surface area contributed by atoms with E-state index in [2.05, 4.69) is 215 Å². The lowest BCUT2D eigenvalue weighted by Crippen LogP contribution is -1.95. The molecule has 62 heavy (non-hydrogen) atoms. The third-order valence-electron chi connectivity index (χ3n) is 12.8. The fourth-order valence-corrected chi connectivity index (χ4v) is 9.94. The summed E-state index contributed by atoms with van der Waals surface area (Å²) in [5, 5.41) is 12.4. The van der Waals surface area contributed by atoms with Gasteiger partial charge in [0.05, 0.1) is 22.1 Å².